The Morgan fingerprint density at radius 2 is 1.96 bits per heavy atom. The van der Waals surface area contributed by atoms with Crippen molar-refractivity contribution in [1.82, 2.24) is 0 Å². The van der Waals surface area contributed by atoms with Gasteiger partial charge in [-0.2, -0.15) is 0 Å². The Kier molecular flexibility index (Phi) is 4.33. The van der Waals surface area contributed by atoms with Crippen LogP contribution in [0.1, 0.15) is 25.3 Å². The number of hydrogen-bond donors (Lipinski definition) is 0. The summed E-state index contributed by atoms with van der Waals surface area (Å²) in [7, 11) is 0. The van der Waals surface area contributed by atoms with Gasteiger partial charge in [-0.15, -0.1) is 0 Å². The highest BCUT2D eigenvalue weighted by Gasteiger charge is 2.58. The van der Waals surface area contributed by atoms with E-state index in [1.807, 2.05) is 13.8 Å². The van der Waals surface area contributed by atoms with Crippen molar-refractivity contribution < 1.29 is 24.0 Å². The van der Waals surface area contributed by atoms with Gasteiger partial charge in [0, 0.05) is 0 Å². The van der Waals surface area contributed by atoms with Crippen molar-refractivity contribution in [3.63, 3.8) is 0 Å². The lowest BCUT2D eigenvalue weighted by Gasteiger charge is -2.15. The van der Waals surface area contributed by atoms with Crippen LogP contribution in [-0.2, 0) is 24.0 Å². The van der Waals surface area contributed by atoms with Crippen molar-refractivity contribution in [2.45, 2.75) is 32.8 Å². The molecule has 126 valence electrons. The Bertz CT molecular complexity index is 710. The van der Waals surface area contributed by atoms with Gasteiger partial charge >= 0.3 is 5.97 Å². The summed E-state index contributed by atoms with van der Waals surface area (Å²) in [5.41, 5.74) is 1.33. The first-order valence-corrected chi connectivity index (χ1v) is 7.90. The number of carbonyl (C=O) groups excluding carboxylic acids is 3. The molecule has 2 atom stereocenters. The zero-order valence-electron chi connectivity index (χ0n) is 13.5. The number of ether oxygens (including phenoxy) is 1. The average molecular weight is 330 g/mol. The standard InChI is InChI=1S/C17H18N2O5/c1-3-4-9-23-17(22)13-12-14(24-18-13)16(21)19(15(12)20)11-7-5-10(2)6-8-11/h5-8,12,14H,3-4,9H2,1-2H3. The molecule has 0 radical (unpaired) electrons. The third-order valence-electron chi connectivity index (χ3n) is 4.04. The lowest BCUT2D eigenvalue weighted by atomic mass is 10.00. The predicted molar refractivity (Wildman–Crippen MR) is 85.3 cm³/mol. The van der Waals surface area contributed by atoms with Crippen molar-refractivity contribution >= 4 is 29.2 Å². The Balaban J connectivity index is 1.80. The maximum absolute atomic E-state index is 12.7. The minimum atomic E-state index is -1.09. The minimum absolute atomic E-state index is 0.135. The van der Waals surface area contributed by atoms with Gasteiger partial charge in [0.15, 0.2) is 5.71 Å². The highest BCUT2D eigenvalue weighted by atomic mass is 16.7. The van der Waals surface area contributed by atoms with E-state index in [4.69, 9.17) is 9.57 Å². The number of carbonyl (C=O) groups is 3. The zero-order chi connectivity index (χ0) is 17.3. The number of fused-ring (bicyclic) bond motifs is 1. The molecule has 0 bridgehead atoms. The Morgan fingerprint density at radius 1 is 1.25 bits per heavy atom. The number of rotatable bonds is 5. The molecule has 7 nitrogen and oxygen atoms in total. The lowest BCUT2D eigenvalue weighted by Crippen LogP contribution is -2.35. The molecule has 2 heterocycles. The van der Waals surface area contributed by atoms with Gasteiger partial charge in [0.25, 0.3) is 5.91 Å². The van der Waals surface area contributed by atoms with Gasteiger partial charge < -0.3 is 9.57 Å². The van der Waals surface area contributed by atoms with E-state index < -0.39 is 29.8 Å². The van der Waals surface area contributed by atoms with E-state index in [0.717, 1.165) is 23.3 Å². The second-order valence-electron chi connectivity index (χ2n) is 5.82. The Hall–Kier alpha value is -2.70. The summed E-state index contributed by atoms with van der Waals surface area (Å²) in [6.45, 7) is 4.13. The molecule has 7 heteroatoms. The van der Waals surface area contributed by atoms with Gasteiger partial charge in [-0.1, -0.05) is 36.2 Å². The van der Waals surface area contributed by atoms with Crippen LogP contribution in [0.4, 0.5) is 5.69 Å². The number of anilines is 1. The molecule has 0 aromatic heterocycles. The lowest BCUT2D eigenvalue weighted by molar-refractivity contribution is -0.136. The molecule has 1 fully saturated rings. The molecule has 2 amide bonds. The molecular formula is C17H18N2O5. The van der Waals surface area contributed by atoms with Crippen LogP contribution in [0.5, 0.6) is 0 Å². The first-order chi connectivity index (χ1) is 11.5. The highest BCUT2D eigenvalue weighted by Crippen LogP contribution is 2.33. The average Bonchev–Trinajstić information content (AvgIpc) is 3.10. The molecule has 0 N–H and O–H groups in total. The highest BCUT2D eigenvalue weighted by molar-refractivity contribution is 6.46. The van der Waals surface area contributed by atoms with Gasteiger partial charge in [0.2, 0.25) is 12.0 Å². The van der Waals surface area contributed by atoms with Crippen LogP contribution < -0.4 is 4.90 Å². The number of aryl methyl sites for hydroxylation is 1. The van der Waals surface area contributed by atoms with Crippen molar-refractivity contribution in [3.8, 4) is 0 Å². The smallest absolute Gasteiger partial charge is 0.357 e. The van der Waals surface area contributed by atoms with Crippen molar-refractivity contribution in [2.24, 2.45) is 11.1 Å². The monoisotopic (exact) mass is 330 g/mol. The zero-order valence-corrected chi connectivity index (χ0v) is 13.5. The summed E-state index contributed by atoms with van der Waals surface area (Å²) in [5.74, 6) is -2.78. The van der Waals surface area contributed by atoms with Gasteiger partial charge in [-0.05, 0) is 25.5 Å². The topological polar surface area (TPSA) is 85.3 Å². The summed E-state index contributed by atoms with van der Waals surface area (Å²) in [6.07, 6.45) is 0.504. The van der Waals surface area contributed by atoms with Crippen LogP contribution >= 0.6 is 0 Å². The summed E-state index contributed by atoms with van der Waals surface area (Å²) < 4.78 is 5.08. The number of unbranched alkanes of at least 4 members (excludes halogenated alkanes) is 1. The molecular weight excluding hydrogens is 312 g/mol. The van der Waals surface area contributed by atoms with E-state index in [1.54, 1.807) is 24.3 Å². The molecule has 0 aliphatic carbocycles. The maximum Gasteiger partial charge on any atom is 0.357 e. The first kappa shape index (κ1) is 16.2. The summed E-state index contributed by atoms with van der Waals surface area (Å²) in [4.78, 5) is 43.3. The quantitative estimate of drug-likeness (QED) is 0.465. The molecule has 2 aliphatic rings. The van der Waals surface area contributed by atoms with Crippen LogP contribution in [0.15, 0.2) is 29.4 Å². The number of benzene rings is 1. The second-order valence-corrected chi connectivity index (χ2v) is 5.82. The van der Waals surface area contributed by atoms with E-state index in [-0.39, 0.29) is 12.3 Å². The molecule has 0 spiro atoms. The number of oxime groups is 1. The fraction of sp³-hybridized carbons (Fsp3) is 0.412. The van der Waals surface area contributed by atoms with Crippen molar-refractivity contribution in [3.05, 3.63) is 29.8 Å². The fourth-order valence-corrected chi connectivity index (χ4v) is 2.68. The van der Waals surface area contributed by atoms with Crippen LogP contribution in [0.2, 0.25) is 0 Å². The molecule has 2 unspecified atom stereocenters. The van der Waals surface area contributed by atoms with Gasteiger partial charge in [0.05, 0.1) is 12.3 Å². The Morgan fingerprint density at radius 3 is 2.62 bits per heavy atom. The van der Waals surface area contributed by atoms with Gasteiger partial charge in [0.1, 0.15) is 5.92 Å². The molecule has 1 aromatic rings. The predicted octanol–water partition coefficient (Wildman–Crippen LogP) is 1.58. The van der Waals surface area contributed by atoms with Gasteiger partial charge in [-0.25, -0.2) is 9.69 Å². The van der Waals surface area contributed by atoms with E-state index in [1.165, 1.54) is 0 Å². The summed E-state index contributed by atoms with van der Waals surface area (Å²) in [5, 5.41) is 3.62. The Labute approximate surface area is 139 Å². The molecule has 2 aliphatic heterocycles. The molecule has 3 rings (SSSR count). The summed E-state index contributed by atoms with van der Waals surface area (Å²) >= 11 is 0. The SMILES string of the molecule is CCCCOC(=O)C1=NOC2C(=O)N(c3ccc(C)cc3)C(=O)C12. The first-order valence-electron chi connectivity index (χ1n) is 7.90. The third kappa shape index (κ3) is 2.66. The number of esters is 1. The molecule has 24 heavy (non-hydrogen) atoms. The van der Waals surface area contributed by atoms with E-state index in [2.05, 4.69) is 5.16 Å². The van der Waals surface area contributed by atoms with Crippen LogP contribution in [0.3, 0.4) is 0 Å². The van der Waals surface area contributed by atoms with Crippen LogP contribution in [0, 0.1) is 12.8 Å². The minimum Gasteiger partial charge on any atom is -0.461 e. The van der Waals surface area contributed by atoms with E-state index in [0.29, 0.717) is 5.69 Å². The normalized spacial score (nSPS) is 22.2. The summed E-state index contributed by atoms with van der Waals surface area (Å²) in [6, 6.07) is 6.98. The van der Waals surface area contributed by atoms with E-state index in [9.17, 15) is 14.4 Å². The van der Waals surface area contributed by atoms with Gasteiger partial charge in [-0.3, -0.25) is 9.59 Å². The number of amides is 2. The van der Waals surface area contributed by atoms with E-state index >= 15 is 0 Å². The molecule has 1 aromatic carbocycles. The van der Waals surface area contributed by atoms with Crippen molar-refractivity contribution in [2.75, 3.05) is 11.5 Å². The van der Waals surface area contributed by atoms with Crippen LogP contribution in [-0.4, -0.2) is 36.2 Å². The second kappa shape index (κ2) is 6.43. The molecule has 0 saturated carbocycles. The largest absolute Gasteiger partial charge is 0.461 e. The number of hydrogen-bond acceptors (Lipinski definition) is 6. The third-order valence-corrected chi connectivity index (χ3v) is 4.04. The number of nitrogens with zero attached hydrogens (tertiary/aromatic N) is 2. The molecule has 1 saturated heterocycles. The van der Waals surface area contributed by atoms with Crippen molar-refractivity contribution in [1.29, 1.82) is 0 Å². The maximum atomic E-state index is 12.7. The fourth-order valence-electron chi connectivity index (χ4n) is 2.68. The van der Waals surface area contributed by atoms with Crippen LogP contribution in [0.25, 0.3) is 0 Å². The number of imide groups is 1.